The highest BCUT2D eigenvalue weighted by Gasteiger charge is 2.23. The van der Waals surface area contributed by atoms with Gasteiger partial charge in [0.25, 0.3) is 0 Å². The number of aromatic nitrogens is 3. The van der Waals surface area contributed by atoms with Crippen molar-refractivity contribution in [1.29, 1.82) is 0 Å². The Labute approximate surface area is 120 Å². The fraction of sp³-hybridized carbons (Fsp3) is 0.467. The summed E-state index contributed by atoms with van der Waals surface area (Å²) in [7, 11) is 1.67. The fourth-order valence-electron chi connectivity index (χ4n) is 2.35. The number of pyridine rings is 1. The van der Waals surface area contributed by atoms with Crippen LogP contribution in [0.5, 0.6) is 5.75 Å². The molecular weight excluding hydrogens is 252 g/mol. The van der Waals surface area contributed by atoms with Crippen LogP contribution in [-0.4, -0.2) is 28.4 Å². The number of nitrogens with one attached hydrogen (secondary N) is 1. The number of methoxy groups -OCH3 is 1. The first kappa shape index (κ1) is 14.5. The second-order valence-electron chi connectivity index (χ2n) is 4.61. The Morgan fingerprint density at radius 2 is 2.15 bits per heavy atom. The Morgan fingerprint density at radius 1 is 1.35 bits per heavy atom. The van der Waals surface area contributed by atoms with Gasteiger partial charge in [0.1, 0.15) is 5.69 Å². The van der Waals surface area contributed by atoms with E-state index in [0.29, 0.717) is 0 Å². The summed E-state index contributed by atoms with van der Waals surface area (Å²) >= 11 is 0. The van der Waals surface area contributed by atoms with Crippen molar-refractivity contribution in [2.75, 3.05) is 13.7 Å². The van der Waals surface area contributed by atoms with Gasteiger partial charge in [0.15, 0.2) is 5.75 Å². The summed E-state index contributed by atoms with van der Waals surface area (Å²) < 4.78 is 7.41. The van der Waals surface area contributed by atoms with Gasteiger partial charge in [0.2, 0.25) is 0 Å². The van der Waals surface area contributed by atoms with E-state index in [2.05, 4.69) is 29.2 Å². The van der Waals surface area contributed by atoms with Crippen molar-refractivity contribution in [2.24, 2.45) is 0 Å². The topological polar surface area (TPSA) is 52.0 Å². The van der Waals surface area contributed by atoms with Crippen LogP contribution >= 0.6 is 0 Å². The third kappa shape index (κ3) is 2.82. The van der Waals surface area contributed by atoms with E-state index in [9.17, 15) is 0 Å². The molecule has 2 aromatic rings. The third-order valence-electron chi connectivity index (χ3n) is 3.25. The highest BCUT2D eigenvalue weighted by atomic mass is 16.5. The van der Waals surface area contributed by atoms with Crippen LogP contribution in [0.2, 0.25) is 0 Å². The van der Waals surface area contributed by atoms with E-state index >= 15 is 0 Å². The molecule has 5 heteroatoms. The summed E-state index contributed by atoms with van der Waals surface area (Å²) in [5.41, 5.74) is 3.02. The lowest BCUT2D eigenvalue weighted by Gasteiger charge is -2.20. The van der Waals surface area contributed by atoms with Crippen molar-refractivity contribution in [3.05, 3.63) is 41.5 Å². The number of aryl methyl sites for hydroxylation is 2. The maximum atomic E-state index is 5.46. The summed E-state index contributed by atoms with van der Waals surface area (Å²) in [6.45, 7) is 7.80. The highest BCUT2D eigenvalue weighted by molar-refractivity contribution is 5.34. The van der Waals surface area contributed by atoms with Gasteiger partial charge in [-0.2, -0.15) is 5.10 Å². The smallest absolute Gasteiger partial charge is 0.161 e. The number of hydrogen-bond acceptors (Lipinski definition) is 4. The molecule has 0 aliphatic carbocycles. The van der Waals surface area contributed by atoms with Crippen molar-refractivity contribution in [3.63, 3.8) is 0 Å². The Bertz CT molecular complexity index is 543. The van der Waals surface area contributed by atoms with Gasteiger partial charge < -0.3 is 10.1 Å². The van der Waals surface area contributed by atoms with Crippen LogP contribution < -0.4 is 10.1 Å². The predicted molar refractivity (Wildman–Crippen MR) is 78.9 cm³/mol. The van der Waals surface area contributed by atoms with Crippen LogP contribution in [0.3, 0.4) is 0 Å². The molecule has 0 spiro atoms. The van der Waals surface area contributed by atoms with E-state index in [4.69, 9.17) is 4.74 Å². The molecule has 0 aliphatic heterocycles. The van der Waals surface area contributed by atoms with E-state index in [1.54, 1.807) is 13.3 Å². The summed E-state index contributed by atoms with van der Waals surface area (Å²) in [6, 6.07) is 6.05. The molecule has 0 radical (unpaired) electrons. The van der Waals surface area contributed by atoms with Crippen LogP contribution in [0.25, 0.3) is 0 Å². The largest absolute Gasteiger partial charge is 0.493 e. The van der Waals surface area contributed by atoms with Gasteiger partial charge in [-0.15, -0.1) is 0 Å². The quantitative estimate of drug-likeness (QED) is 0.878. The minimum absolute atomic E-state index is 0.0164. The molecule has 20 heavy (non-hydrogen) atoms. The first-order valence-electron chi connectivity index (χ1n) is 6.97. The molecule has 2 aromatic heterocycles. The Kier molecular flexibility index (Phi) is 4.74. The molecule has 0 bridgehead atoms. The molecule has 0 fully saturated rings. The molecule has 0 aromatic carbocycles. The van der Waals surface area contributed by atoms with E-state index < -0.39 is 0 Å². The van der Waals surface area contributed by atoms with Gasteiger partial charge in [-0.3, -0.25) is 9.67 Å². The Balaban J connectivity index is 2.50. The molecule has 0 saturated heterocycles. The second kappa shape index (κ2) is 6.52. The summed E-state index contributed by atoms with van der Waals surface area (Å²) in [4.78, 5) is 4.64. The molecule has 108 valence electrons. The van der Waals surface area contributed by atoms with Crippen LogP contribution in [0.15, 0.2) is 24.4 Å². The molecule has 0 amide bonds. The van der Waals surface area contributed by atoms with E-state index in [-0.39, 0.29) is 6.04 Å². The van der Waals surface area contributed by atoms with Gasteiger partial charge in [-0.1, -0.05) is 13.0 Å². The molecule has 0 aliphatic rings. The number of hydrogen-bond donors (Lipinski definition) is 1. The van der Waals surface area contributed by atoms with Gasteiger partial charge >= 0.3 is 0 Å². The minimum atomic E-state index is -0.0164. The van der Waals surface area contributed by atoms with E-state index in [1.165, 1.54) is 0 Å². The Hall–Kier alpha value is -1.88. The van der Waals surface area contributed by atoms with Crippen molar-refractivity contribution in [1.82, 2.24) is 20.1 Å². The van der Waals surface area contributed by atoms with Gasteiger partial charge in [0.05, 0.1) is 25.0 Å². The molecule has 2 rings (SSSR count). The van der Waals surface area contributed by atoms with Crippen molar-refractivity contribution < 1.29 is 4.74 Å². The summed E-state index contributed by atoms with van der Waals surface area (Å²) in [5, 5.41) is 7.86. The molecule has 0 saturated carbocycles. The normalized spacial score (nSPS) is 12.4. The lowest BCUT2D eigenvalue weighted by molar-refractivity contribution is 0.398. The standard InChI is InChI=1S/C15H22N4O/c1-5-16-14(12-9-7-8-11(3)18-12)15-13(20-4)10-17-19(15)6-2/h7-10,14,16H,5-6H2,1-4H3. The minimum Gasteiger partial charge on any atom is -0.493 e. The monoisotopic (exact) mass is 274 g/mol. The maximum Gasteiger partial charge on any atom is 0.161 e. The first-order chi connectivity index (χ1) is 9.71. The van der Waals surface area contributed by atoms with Crippen molar-refractivity contribution in [3.8, 4) is 5.75 Å². The van der Waals surface area contributed by atoms with E-state index in [1.807, 2.05) is 29.8 Å². The van der Waals surface area contributed by atoms with Crippen LogP contribution in [0, 0.1) is 6.92 Å². The summed E-state index contributed by atoms with van der Waals surface area (Å²) in [6.07, 6.45) is 1.76. The average Bonchev–Trinajstić information content (AvgIpc) is 2.87. The lowest BCUT2D eigenvalue weighted by Crippen LogP contribution is -2.26. The Morgan fingerprint density at radius 3 is 2.75 bits per heavy atom. The van der Waals surface area contributed by atoms with E-state index in [0.717, 1.165) is 35.9 Å². The van der Waals surface area contributed by atoms with Gasteiger partial charge in [-0.05, 0) is 32.5 Å². The SMILES string of the molecule is CCNC(c1cccc(C)n1)c1c(OC)cnn1CC. The molecule has 1 atom stereocenters. The molecular formula is C15H22N4O. The number of nitrogens with zero attached hydrogens (tertiary/aromatic N) is 3. The van der Waals surface area contributed by atoms with Crippen LogP contribution in [0.1, 0.15) is 37.0 Å². The molecule has 5 nitrogen and oxygen atoms in total. The van der Waals surface area contributed by atoms with Crippen molar-refractivity contribution in [2.45, 2.75) is 33.4 Å². The number of rotatable bonds is 6. The molecule has 1 N–H and O–H groups in total. The van der Waals surface area contributed by atoms with Crippen LogP contribution in [0.4, 0.5) is 0 Å². The zero-order valence-corrected chi connectivity index (χ0v) is 12.6. The molecule has 1 unspecified atom stereocenters. The average molecular weight is 274 g/mol. The summed E-state index contributed by atoms with van der Waals surface area (Å²) in [5.74, 6) is 0.793. The molecule has 2 heterocycles. The highest BCUT2D eigenvalue weighted by Crippen LogP contribution is 2.29. The van der Waals surface area contributed by atoms with Gasteiger partial charge in [-0.25, -0.2) is 0 Å². The third-order valence-corrected chi connectivity index (χ3v) is 3.25. The van der Waals surface area contributed by atoms with Crippen molar-refractivity contribution >= 4 is 0 Å². The second-order valence-corrected chi connectivity index (χ2v) is 4.61. The fourth-order valence-corrected chi connectivity index (χ4v) is 2.35. The van der Waals surface area contributed by atoms with Crippen LogP contribution in [-0.2, 0) is 6.54 Å². The maximum absolute atomic E-state index is 5.46. The predicted octanol–water partition coefficient (Wildman–Crippen LogP) is 2.31. The van der Waals surface area contributed by atoms with Gasteiger partial charge in [0, 0.05) is 12.2 Å². The first-order valence-corrected chi connectivity index (χ1v) is 6.97. The number of ether oxygens (including phenoxy) is 1. The zero-order valence-electron chi connectivity index (χ0n) is 12.6. The zero-order chi connectivity index (χ0) is 14.5. The lowest BCUT2D eigenvalue weighted by atomic mass is 10.1.